The minimum Gasteiger partial charge on any atom is -0.396 e. The summed E-state index contributed by atoms with van der Waals surface area (Å²) in [6.45, 7) is 9.07. The molecule has 1 N–H and O–H groups in total. The zero-order chi connectivity index (χ0) is 12.8. The molecule has 2 nitrogen and oxygen atoms in total. The Balaban J connectivity index is 2.51. The lowest BCUT2D eigenvalue weighted by Crippen LogP contribution is -2.43. The fourth-order valence-electron chi connectivity index (χ4n) is 4.06. The zero-order valence-corrected chi connectivity index (χ0v) is 11.5. The van der Waals surface area contributed by atoms with Crippen molar-refractivity contribution < 1.29 is 9.90 Å². The van der Waals surface area contributed by atoms with E-state index in [-0.39, 0.29) is 23.2 Å². The Hall–Kier alpha value is -0.630. The monoisotopic (exact) mass is 236 g/mol. The molecule has 2 aliphatic rings. The number of carbonyl (C=O) groups is 1. The highest BCUT2D eigenvalue weighted by Gasteiger charge is 2.57. The highest BCUT2D eigenvalue weighted by Crippen LogP contribution is 2.64. The van der Waals surface area contributed by atoms with Crippen LogP contribution in [0.25, 0.3) is 0 Å². The number of hydrogen-bond donors (Lipinski definition) is 1. The first kappa shape index (κ1) is 12.8. The summed E-state index contributed by atoms with van der Waals surface area (Å²) in [6.07, 6.45) is 3.59. The van der Waals surface area contributed by atoms with Crippen LogP contribution in [0, 0.1) is 16.7 Å². The molecule has 96 valence electrons. The molecule has 17 heavy (non-hydrogen) atoms. The molecule has 0 aromatic carbocycles. The van der Waals surface area contributed by atoms with Crippen LogP contribution in [0.5, 0.6) is 0 Å². The lowest BCUT2D eigenvalue weighted by molar-refractivity contribution is -0.121. The fourth-order valence-corrected chi connectivity index (χ4v) is 4.06. The van der Waals surface area contributed by atoms with Crippen molar-refractivity contribution in [1.29, 1.82) is 0 Å². The first-order valence-corrected chi connectivity index (χ1v) is 6.71. The van der Waals surface area contributed by atoms with Gasteiger partial charge in [-0.2, -0.15) is 0 Å². The predicted molar refractivity (Wildman–Crippen MR) is 68.6 cm³/mol. The van der Waals surface area contributed by atoms with Crippen LogP contribution < -0.4 is 0 Å². The molecule has 0 amide bonds. The van der Waals surface area contributed by atoms with Gasteiger partial charge in [0.05, 0.1) is 0 Å². The molecule has 0 radical (unpaired) electrons. The number of ketones is 1. The van der Waals surface area contributed by atoms with Crippen LogP contribution in [-0.4, -0.2) is 17.5 Å². The van der Waals surface area contributed by atoms with Crippen molar-refractivity contribution in [2.45, 2.75) is 53.4 Å². The van der Waals surface area contributed by atoms with E-state index in [1.165, 1.54) is 18.4 Å². The highest BCUT2D eigenvalue weighted by molar-refractivity contribution is 5.98. The van der Waals surface area contributed by atoms with Crippen LogP contribution in [0.2, 0.25) is 0 Å². The molecule has 3 atom stereocenters. The molecule has 0 spiro atoms. The second-order valence-corrected chi connectivity index (χ2v) is 6.37. The predicted octanol–water partition coefficient (Wildman–Crippen LogP) is 3.10. The van der Waals surface area contributed by atoms with Gasteiger partial charge in [-0.05, 0) is 48.5 Å². The van der Waals surface area contributed by atoms with E-state index < -0.39 is 0 Å². The van der Waals surface area contributed by atoms with Crippen molar-refractivity contribution in [2.24, 2.45) is 16.7 Å². The van der Waals surface area contributed by atoms with E-state index in [4.69, 9.17) is 5.11 Å². The summed E-state index contributed by atoms with van der Waals surface area (Å²) in [7, 11) is 0. The molecule has 0 aromatic heterocycles. The van der Waals surface area contributed by atoms with Crippen LogP contribution in [-0.2, 0) is 4.79 Å². The van der Waals surface area contributed by atoms with Crippen LogP contribution >= 0.6 is 0 Å². The SMILES string of the molecule is CC1=C(CCO)C(=O)C[C@@]2(C)[C@H](C)CC[C@@]12C. The number of rotatable bonds is 2. The number of aliphatic hydroxyl groups excluding tert-OH is 1. The third-order valence-electron chi connectivity index (χ3n) is 5.93. The van der Waals surface area contributed by atoms with Crippen molar-refractivity contribution in [1.82, 2.24) is 0 Å². The molecule has 0 aromatic rings. The summed E-state index contributed by atoms with van der Waals surface area (Å²) in [4.78, 5) is 12.3. The maximum absolute atomic E-state index is 12.3. The van der Waals surface area contributed by atoms with E-state index in [0.29, 0.717) is 18.8 Å². The fraction of sp³-hybridized carbons (Fsp3) is 0.800. The average molecular weight is 236 g/mol. The van der Waals surface area contributed by atoms with Gasteiger partial charge in [-0.25, -0.2) is 0 Å². The van der Waals surface area contributed by atoms with Gasteiger partial charge in [0, 0.05) is 13.0 Å². The molecule has 2 heteroatoms. The summed E-state index contributed by atoms with van der Waals surface area (Å²) < 4.78 is 0. The largest absolute Gasteiger partial charge is 0.396 e. The Labute approximate surface area is 104 Å². The van der Waals surface area contributed by atoms with Gasteiger partial charge in [-0.15, -0.1) is 0 Å². The van der Waals surface area contributed by atoms with Crippen LogP contribution in [0.4, 0.5) is 0 Å². The van der Waals surface area contributed by atoms with E-state index in [0.717, 1.165) is 5.57 Å². The van der Waals surface area contributed by atoms with Crippen molar-refractivity contribution >= 4 is 5.78 Å². The van der Waals surface area contributed by atoms with Gasteiger partial charge in [0.25, 0.3) is 0 Å². The van der Waals surface area contributed by atoms with Crippen LogP contribution in [0.1, 0.15) is 53.4 Å². The lowest BCUT2D eigenvalue weighted by atomic mass is 9.55. The molecule has 0 bridgehead atoms. The molecule has 0 aliphatic heterocycles. The smallest absolute Gasteiger partial charge is 0.159 e. The van der Waals surface area contributed by atoms with E-state index in [9.17, 15) is 4.79 Å². The lowest BCUT2D eigenvalue weighted by Gasteiger charge is -2.48. The van der Waals surface area contributed by atoms with E-state index in [2.05, 4.69) is 27.7 Å². The quantitative estimate of drug-likeness (QED) is 0.800. The van der Waals surface area contributed by atoms with Gasteiger partial charge in [-0.3, -0.25) is 4.79 Å². The summed E-state index contributed by atoms with van der Waals surface area (Å²) in [5.74, 6) is 0.882. The van der Waals surface area contributed by atoms with Gasteiger partial charge in [-0.1, -0.05) is 26.3 Å². The van der Waals surface area contributed by atoms with Crippen molar-refractivity contribution in [3.8, 4) is 0 Å². The van der Waals surface area contributed by atoms with E-state index >= 15 is 0 Å². The molecule has 1 fully saturated rings. The van der Waals surface area contributed by atoms with Crippen molar-refractivity contribution in [2.75, 3.05) is 6.61 Å². The Morgan fingerprint density at radius 1 is 1.41 bits per heavy atom. The first-order chi connectivity index (χ1) is 7.87. The first-order valence-electron chi connectivity index (χ1n) is 6.71. The number of aliphatic hydroxyl groups is 1. The van der Waals surface area contributed by atoms with E-state index in [1.807, 2.05) is 0 Å². The molecule has 0 heterocycles. The second kappa shape index (κ2) is 3.94. The molecule has 0 unspecified atom stereocenters. The number of fused-ring (bicyclic) bond motifs is 1. The van der Waals surface area contributed by atoms with Gasteiger partial charge >= 0.3 is 0 Å². The van der Waals surface area contributed by atoms with Crippen molar-refractivity contribution in [3.05, 3.63) is 11.1 Å². The third-order valence-corrected chi connectivity index (χ3v) is 5.93. The van der Waals surface area contributed by atoms with E-state index in [1.54, 1.807) is 0 Å². The maximum atomic E-state index is 12.3. The summed E-state index contributed by atoms with van der Waals surface area (Å²) in [5, 5.41) is 9.11. The third kappa shape index (κ3) is 1.53. The number of allylic oxidation sites excluding steroid dienone is 1. The Morgan fingerprint density at radius 3 is 2.65 bits per heavy atom. The average Bonchev–Trinajstić information content (AvgIpc) is 2.50. The highest BCUT2D eigenvalue weighted by atomic mass is 16.3. The standard InChI is InChI=1S/C15H24O2/c1-10-5-7-14(3)11(2)12(6-8-16)13(17)9-15(10,14)4/h10,16H,5-9H2,1-4H3/t10-,14+,15+/m1/s1. The summed E-state index contributed by atoms with van der Waals surface area (Å²) in [5.41, 5.74) is 2.43. The van der Waals surface area contributed by atoms with Gasteiger partial charge < -0.3 is 5.11 Å². The summed E-state index contributed by atoms with van der Waals surface area (Å²) in [6, 6.07) is 0. The topological polar surface area (TPSA) is 37.3 Å². The van der Waals surface area contributed by atoms with Gasteiger partial charge in [0.2, 0.25) is 0 Å². The second-order valence-electron chi connectivity index (χ2n) is 6.37. The molecule has 2 aliphatic carbocycles. The molecule has 2 rings (SSSR count). The molecular formula is C15H24O2. The van der Waals surface area contributed by atoms with Gasteiger partial charge in [0.15, 0.2) is 5.78 Å². The number of hydrogen-bond acceptors (Lipinski definition) is 2. The van der Waals surface area contributed by atoms with Gasteiger partial charge in [0.1, 0.15) is 0 Å². The number of Topliss-reactive ketones (excluding diaryl/α,β-unsaturated/α-hetero) is 1. The Morgan fingerprint density at radius 2 is 2.06 bits per heavy atom. The Kier molecular flexibility index (Phi) is 2.97. The maximum Gasteiger partial charge on any atom is 0.159 e. The van der Waals surface area contributed by atoms with Crippen LogP contribution in [0.15, 0.2) is 11.1 Å². The minimum absolute atomic E-state index is 0.0841. The van der Waals surface area contributed by atoms with Crippen molar-refractivity contribution in [3.63, 3.8) is 0 Å². The van der Waals surface area contributed by atoms with Crippen LogP contribution in [0.3, 0.4) is 0 Å². The molecular weight excluding hydrogens is 212 g/mol. The number of carbonyl (C=O) groups excluding carboxylic acids is 1. The zero-order valence-electron chi connectivity index (χ0n) is 11.5. The molecule has 1 saturated carbocycles. The summed E-state index contributed by atoms with van der Waals surface area (Å²) >= 11 is 0. The Bertz CT molecular complexity index is 382. The normalized spacial score (nSPS) is 41.9. The molecule has 0 saturated heterocycles. The minimum atomic E-state index is 0.0841.